The molecule has 0 aliphatic heterocycles. The van der Waals surface area contributed by atoms with Crippen molar-refractivity contribution in [2.45, 2.75) is 26.3 Å². The molecule has 0 aliphatic rings. The Bertz CT molecular complexity index is 565. The molecule has 1 heterocycles. The van der Waals surface area contributed by atoms with Crippen LogP contribution in [-0.2, 0) is 0 Å². The smallest absolute Gasteiger partial charge is 0.125 e. The highest BCUT2D eigenvalue weighted by atomic mass is 35.5. The molecule has 1 unspecified atom stereocenters. The van der Waals surface area contributed by atoms with Crippen molar-refractivity contribution >= 4 is 11.6 Å². The minimum Gasteiger partial charge on any atom is -0.496 e. The Morgan fingerprint density at radius 3 is 2.70 bits per heavy atom. The standard InChI is InChI=1S/C16H20ClNO2/c1-4-9-18-16(14-8-5-11(2)20-14)13-7-6-12(17)10-15(13)19-3/h5-8,10,16,18H,4,9H2,1-3H3. The lowest BCUT2D eigenvalue weighted by Crippen LogP contribution is -2.23. The summed E-state index contributed by atoms with van der Waals surface area (Å²) in [5.74, 6) is 2.55. The van der Waals surface area contributed by atoms with E-state index in [2.05, 4.69) is 12.2 Å². The van der Waals surface area contributed by atoms with Crippen molar-refractivity contribution in [2.24, 2.45) is 0 Å². The number of furan rings is 1. The maximum absolute atomic E-state index is 6.03. The summed E-state index contributed by atoms with van der Waals surface area (Å²) in [6.07, 6.45) is 1.05. The molecule has 0 spiro atoms. The van der Waals surface area contributed by atoms with Crippen LogP contribution in [0.2, 0.25) is 5.02 Å². The summed E-state index contributed by atoms with van der Waals surface area (Å²) in [6, 6.07) is 9.61. The van der Waals surface area contributed by atoms with Gasteiger partial charge in [0.2, 0.25) is 0 Å². The van der Waals surface area contributed by atoms with Gasteiger partial charge >= 0.3 is 0 Å². The molecule has 0 saturated heterocycles. The maximum Gasteiger partial charge on any atom is 0.125 e. The van der Waals surface area contributed by atoms with Gasteiger partial charge in [-0.3, -0.25) is 0 Å². The molecule has 1 N–H and O–H groups in total. The molecule has 1 aromatic carbocycles. The molecule has 0 radical (unpaired) electrons. The van der Waals surface area contributed by atoms with Crippen molar-refractivity contribution in [1.82, 2.24) is 5.32 Å². The van der Waals surface area contributed by atoms with E-state index in [1.54, 1.807) is 7.11 Å². The molecule has 108 valence electrons. The molecule has 0 bridgehead atoms. The highest BCUT2D eigenvalue weighted by Gasteiger charge is 2.20. The Labute approximate surface area is 124 Å². The number of aryl methyl sites for hydroxylation is 1. The largest absolute Gasteiger partial charge is 0.496 e. The van der Waals surface area contributed by atoms with E-state index in [4.69, 9.17) is 20.8 Å². The van der Waals surface area contributed by atoms with Crippen molar-refractivity contribution < 1.29 is 9.15 Å². The minimum absolute atomic E-state index is 0.0316. The zero-order valence-corrected chi connectivity index (χ0v) is 12.8. The molecule has 2 aromatic rings. The summed E-state index contributed by atoms with van der Waals surface area (Å²) < 4.78 is 11.2. The minimum atomic E-state index is -0.0316. The van der Waals surface area contributed by atoms with E-state index in [1.807, 2.05) is 37.3 Å². The highest BCUT2D eigenvalue weighted by molar-refractivity contribution is 6.30. The number of halogens is 1. The third kappa shape index (κ3) is 3.35. The van der Waals surface area contributed by atoms with Crippen molar-refractivity contribution in [3.05, 3.63) is 52.4 Å². The molecule has 2 rings (SSSR count). The number of ether oxygens (including phenoxy) is 1. The summed E-state index contributed by atoms with van der Waals surface area (Å²) in [5.41, 5.74) is 1.03. The van der Waals surface area contributed by atoms with Crippen LogP contribution in [0.25, 0.3) is 0 Å². The van der Waals surface area contributed by atoms with Crippen LogP contribution in [0.15, 0.2) is 34.7 Å². The fourth-order valence-corrected chi connectivity index (χ4v) is 2.35. The lowest BCUT2D eigenvalue weighted by Gasteiger charge is -2.19. The molecule has 0 saturated carbocycles. The Kier molecular flexibility index (Phi) is 5.10. The molecule has 0 aliphatic carbocycles. The van der Waals surface area contributed by atoms with Gasteiger partial charge in [-0.15, -0.1) is 0 Å². The molecule has 1 aromatic heterocycles. The van der Waals surface area contributed by atoms with Crippen LogP contribution in [0.5, 0.6) is 5.75 Å². The molecule has 20 heavy (non-hydrogen) atoms. The first-order chi connectivity index (χ1) is 9.65. The first-order valence-electron chi connectivity index (χ1n) is 6.79. The van der Waals surface area contributed by atoms with Gasteiger partial charge < -0.3 is 14.5 Å². The van der Waals surface area contributed by atoms with Gasteiger partial charge in [-0.05, 0) is 44.2 Å². The highest BCUT2D eigenvalue weighted by Crippen LogP contribution is 2.33. The van der Waals surface area contributed by atoms with Gasteiger partial charge in [0.05, 0.1) is 13.2 Å². The Hall–Kier alpha value is -1.45. The summed E-state index contributed by atoms with van der Waals surface area (Å²) in [6.45, 7) is 4.98. The average molecular weight is 294 g/mol. The van der Waals surface area contributed by atoms with Crippen LogP contribution in [-0.4, -0.2) is 13.7 Å². The first-order valence-corrected chi connectivity index (χ1v) is 7.16. The maximum atomic E-state index is 6.03. The van der Waals surface area contributed by atoms with Gasteiger partial charge in [0, 0.05) is 10.6 Å². The quantitative estimate of drug-likeness (QED) is 0.860. The molecule has 0 fully saturated rings. The molecule has 1 atom stereocenters. The number of hydrogen-bond donors (Lipinski definition) is 1. The molecule has 4 heteroatoms. The van der Waals surface area contributed by atoms with Crippen LogP contribution in [0.3, 0.4) is 0 Å². The second kappa shape index (κ2) is 6.82. The van der Waals surface area contributed by atoms with Crippen molar-refractivity contribution in [3.8, 4) is 5.75 Å². The van der Waals surface area contributed by atoms with E-state index in [0.29, 0.717) is 5.02 Å². The lowest BCUT2D eigenvalue weighted by atomic mass is 10.0. The topological polar surface area (TPSA) is 34.4 Å². The van der Waals surface area contributed by atoms with Gasteiger partial charge in [-0.2, -0.15) is 0 Å². The molecule has 3 nitrogen and oxygen atoms in total. The predicted octanol–water partition coefficient (Wildman–Crippen LogP) is 4.34. The fraction of sp³-hybridized carbons (Fsp3) is 0.375. The third-order valence-electron chi connectivity index (χ3n) is 3.15. The SMILES string of the molecule is CCCNC(c1ccc(C)o1)c1ccc(Cl)cc1OC. The first kappa shape index (κ1) is 14.9. The van der Waals surface area contributed by atoms with Crippen molar-refractivity contribution in [3.63, 3.8) is 0 Å². The second-order valence-electron chi connectivity index (χ2n) is 4.72. The third-order valence-corrected chi connectivity index (χ3v) is 3.39. The fourth-order valence-electron chi connectivity index (χ4n) is 2.18. The van der Waals surface area contributed by atoms with Crippen molar-refractivity contribution in [2.75, 3.05) is 13.7 Å². The number of hydrogen-bond acceptors (Lipinski definition) is 3. The number of nitrogens with one attached hydrogen (secondary N) is 1. The zero-order chi connectivity index (χ0) is 14.5. The number of benzene rings is 1. The molecular formula is C16H20ClNO2. The van der Waals surface area contributed by atoms with Gasteiger partial charge in [0.1, 0.15) is 17.3 Å². The van der Waals surface area contributed by atoms with Crippen LogP contribution < -0.4 is 10.1 Å². The summed E-state index contributed by atoms with van der Waals surface area (Å²) >= 11 is 6.03. The van der Waals surface area contributed by atoms with E-state index in [1.165, 1.54) is 0 Å². The normalized spacial score (nSPS) is 12.4. The van der Waals surface area contributed by atoms with Gasteiger partial charge in [-0.25, -0.2) is 0 Å². The van der Waals surface area contributed by atoms with E-state index >= 15 is 0 Å². The van der Waals surface area contributed by atoms with E-state index in [-0.39, 0.29) is 6.04 Å². The molecule has 0 amide bonds. The summed E-state index contributed by atoms with van der Waals surface area (Å²) in [7, 11) is 1.65. The Morgan fingerprint density at radius 1 is 1.30 bits per heavy atom. The zero-order valence-electron chi connectivity index (χ0n) is 12.1. The number of rotatable bonds is 6. The van der Waals surface area contributed by atoms with Crippen molar-refractivity contribution in [1.29, 1.82) is 0 Å². The van der Waals surface area contributed by atoms with Crippen LogP contribution in [0, 0.1) is 6.92 Å². The van der Waals surface area contributed by atoms with Gasteiger partial charge in [0.15, 0.2) is 0 Å². The second-order valence-corrected chi connectivity index (χ2v) is 5.16. The lowest BCUT2D eigenvalue weighted by molar-refractivity contribution is 0.389. The van der Waals surface area contributed by atoms with Crippen LogP contribution in [0.4, 0.5) is 0 Å². The van der Waals surface area contributed by atoms with E-state index in [9.17, 15) is 0 Å². The Balaban J connectivity index is 2.40. The monoisotopic (exact) mass is 293 g/mol. The summed E-state index contributed by atoms with van der Waals surface area (Å²) in [5, 5.41) is 4.16. The van der Waals surface area contributed by atoms with E-state index < -0.39 is 0 Å². The van der Waals surface area contributed by atoms with Crippen LogP contribution >= 0.6 is 11.6 Å². The van der Waals surface area contributed by atoms with E-state index in [0.717, 1.165) is 35.8 Å². The number of methoxy groups -OCH3 is 1. The Morgan fingerprint density at radius 2 is 2.10 bits per heavy atom. The average Bonchev–Trinajstić information content (AvgIpc) is 2.87. The van der Waals surface area contributed by atoms with Gasteiger partial charge in [-0.1, -0.05) is 24.6 Å². The predicted molar refractivity (Wildman–Crippen MR) is 81.6 cm³/mol. The summed E-state index contributed by atoms with van der Waals surface area (Å²) in [4.78, 5) is 0. The van der Waals surface area contributed by atoms with Gasteiger partial charge in [0.25, 0.3) is 0 Å². The molecular weight excluding hydrogens is 274 g/mol. The van der Waals surface area contributed by atoms with Crippen LogP contribution in [0.1, 0.15) is 36.5 Å².